The van der Waals surface area contributed by atoms with Gasteiger partial charge in [0.15, 0.2) is 0 Å². The Bertz CT molecular complexity index is 305. The van der Waals surface area contributed by atoms with Crippen LogP contribution >= 0.6 is 0 Å². The molecule has 0 amide bonds. The predicted octanol–water partition coefficient (Wildman–Crippen LogP) is 2.96. The molecule has 1 heterocycles. The maximum atomic E-state index is 9.15. The van der Waals surface area contributed by atoms with Gasteiger partial charge in [0.05, 0.1) is 5.70 Å². The maximum Gasteiger partial charge on any atom is 0.0561 e. The molecular formula is C14H26N2O. The second kappa shape index (κ2) is 6.20. The Balaban J connectivity index is 2.85. The van der Waals surface area contributed by atoms with Gasteiger partial charge in [0.1, 0.15) is 0 Å². The van der Waals surface area contributed by atoms with Gasteiger partial charge < -0.3 is 10.0 Å². The largest absolute Gasteiger partial charge is 0.396 e. The zero-order valence-corrected chi connectivity index (χ0v) is 11.7. The summed E-state index contributed by atoms with van der Waals surface area (Å²) in [5.74, 6) is 0. The molecule has 3 nitrogen and oxygen atoms in total. The molecule has 0 unspecified atom stereocenters. The van der Waals surface area contributed by atoms with Gasteiger partial charge in [-0.25, -0.2) is 0 Å². The topological polar surface area (TPSA) is 35.8 Å². The monoisotopic (exact) mass is 238 g/mol. The number of hydrogen-bond acceptors (Lipinski definition) is 3. The van der Waals surface area contributed by atoms with Gasteiger partial charge in [-0.05, 0) is 33.6 Å². The van der Waals surface area contributed by atoms with E-state index >= 15 is 0 Å². The third-order valence-corrected chi connectivity index (χ3v) is 3.36. The Labute approximate surface area is 105 Å². The first kappa shape index (κ1) is 14.2. The summed E-state index contributed by atoms with van der Waals surface area (Å²) in [6, 6.07) is 0. The van der Waals surface area contributed by atoms with Gasteiger partial charge in [0.2, 0.25) is 0 Å². The van der Waals surface area contributed by atoms with Crippen LogP contribution in [0, 0.1) is 0 Å². The van der Waals surface area contributed by atoms with Gasteiger partial charge in [0, 0.05) is 37.0 Å². The highest BCUT2D eigenvalue weighted by molar-refractivity contribution is 5.83. The van der Waals surface area contributed by atoms with E-state index in [2.05, 4.69) is 43.8 Å². The number of nitrogens with zero attached hydrogens (tertiary/aromatic N) is 2. The van der Waals surface area contributed by atoms with Gasteiger partial charge >= 0.3 is 0 Å². The molecular weight excluding hydrogens is 212 g/mol. The third-order valence-electron chi connectivity index (χ3n) is 3.36. The average Bonchev–Trinajstić information content (AvgIpc) is 2.41. The molecule has 0 aliphatic carbocycles. The van der Waals surface area contributed by atoms with Crippen LogP contribution in [0.1, 0.15) is 53.4 Å². The first-order valence-electron chi connectivity index (χ1n) is 6.62. The summed E-state index contributed by atoms with van der Waals surface area (Å²) < 4.78 is 0. The summed E-state index contributed by atoms with van der Waals surface area (Å²) >= 11 is 0. The minimum atomic E-state index is 0.00782. The molecule has 0 aromatic carbocycles. The van der Waals surface area contributed by atoms with Crippen LogP contribution in [-0.4, -0.2) is 34.4 Å². The summed E-state index contributed by atoms with van der Waals surface area (Å²) in [5.41, 5.74) is 2.40. The average molecular weight is 238 g/mol. The molecule has 3 heteroatoms. The van der Waals surface area contributed by atoms with Crippen molar-refractivity contribution in [2.24, 2.45) is 4.99 Å². The Morgan fingerprint density at radius 3 is 2.76 bits per heavy atom. The van der Waals surface area contributed by atoms with Crippen molar-refractivity contribution in [2.75, 3.05) is 13.2 Å². The van der Waals surface area contributed by atoms with Gasteiger partial charge in [-0.2, -0.15) is 0 Å². The lowest BCUT2D eigenvalue weighted by molar-refractivity contribution is 0.138. The van der Waals surface area contributed by atoms with Crippen LogP contribution in [-0.2, 0) is 0 Å². The molecule has 1 rings (SSSR count). The minimum absolute atomic E-state index is 0.00782. The number of allylic oxidation sites excluding steroid dienone is 1. The van der Waals surface area contributed by atoms with E-state index in [0.29, 0.717) is 0 Å². The van der Waals surface area contributed by atoms with E-state index in [-0.39, 0.29) is 12.1 Å². The number of aliphatic imine (C=N–C) groups is 1. The molecule has 0 atom stereocenters. The lowest BCUT2D eigenvalue weighted by Gasteiger charge is -2.37. The van der Waals surface area contributed by atoms with E-state index in [0.717, 1.165) is 32.2 Å². The summed E-state index contributed by atoms with van der Waals surface area (Å²) in [4.78, 5) is 7.00. The highest BCUT2D eigenvalue weighted by atomic mass is 16.3. The van der Waals surface area contributed by atoms with Crippen molar-refractivity contribution in [1.29, 1.82) is 0 Å². The quantitative estimate of drug-likeness (QED) is 0.799. The second-order valence-corrected chi connectivity index (χ2v) is 5.45. The van der Waals surface area contributed by atoms with E-state index in [1.54, 1.807) is 0 Å². The molecule has 0 aromatic heterocycles. The fourth-order valence-electron chi connectivity index (χ4n) is 2.13. The smallest absolute Gasteiger partial charge is 0.0561 e. The molecule has 0 bridgehead atoms. The number of hydrogen-bond donors (Lipinski definition) is 1. The van der Waals surface area contributed by atoms with Crippen LogP contribution < -0.4 is 0 Å². The Kier molecular flexibility index (Phi) is 5.19. The first-order chi connectivity index (χ1) is 7.99. The zero-order chi connectivity index (χ0) is 12.9. The van der Waals surface area contributed by atoms with Gasteiger partial charge in [-0.15, -0.1) is 0 Å². The van der Waals surface area contributed by atoms with E-state index in [4.69, 9.17) is 5.11 Å². The Hall–Kier alpha value is -0.830. The molecule has 17 heavy (non-hydrogen) atoms. The van der Waals surface area contributed by atoms with Gasteiger partial charge in [-0.3, -0.25) is 4.99 Å². The van der Waals surface area contributed by atoms with Crippen LogP contribution in [0.25, 0.3) is 0 Å². The minimum Gasteiger partial charge on any atom is -0.396 e. The number of aliphatic hydroxyl groups excluding tert-OH is 1. The molecule has 0 radical (unpaired) electrons. The SMILES string of the molecule is CCCC1=CN(C(C)(C)CCO)CCC(C)=N1. The van der Waals surface area contributed by atoms with Crippen molar-refractivity contribution in [1.82, 2.24) is 4.90 Å². The molecule has 1 aliphatic heterocycles. The van der Waals surface area contributed by atoms with Crippen molar-refractivity contribution >= 4 is 5.71 Å². The van der Waals surface area contributed by atoms with Crippen molar-refractivity contribution in [3.8, 4) is 0 Å². The number of aliphatic hydroxyl groups is 1. The molecule has 98 valence electrons. The molecule has 0 fully saturated rings. The first-order valence-corrected chi connectivity index (χ1v) is 6.62. The van der Waals surface area contributed by atoms with Crippen molar-refractivity contribution in [3.63, 3.8) is 0 Å². The lowest BCUT2D eigenvalue weighted by atomic mass is 9.98. The molecule has 1 aliphatic rings. The zero-order valence-electron chi connectivity index (χ0n) is 11.7. The maximum absolute atomic E-state index is 9.15. The van der Waals surface area contributed by atoms with Crippen LogP contribution in [0.4, 0.5) is 0 Å². The highest BCUT2D eigenvalue weighted by Gasteiger charge is 2.25. The van der Waals surface area contributed by atoms with Crippen molar-refractivity contribution in [2.45, 2.75) is 58.9 Å². The summed E-state index contributed by atoms with van der Waals surface area (Å²) in [6.07, 6.45) is 6.15. The number of rotatable bonds is 5. The van der Waals surface area contributed by atoms with E-state index < -0.39 is 0 Å². The van der Waals surface area contributed by atoms with Crippen LogP contribution in [0.5, 0.6) is 0 Å². The van der Waals surface area contributed by atoms with Gasteiger partial charge in [0.25, 0.3) is 0 Å². The lowest BCUT2D eigenvalue weighted by Crippen LogP contribution is -2.41. The van der Waals surface area contributed by atoms with Crippen molar-refractivity contribution < 1.29 is 5.11 Å². The summed E-state index contributed by atoms with van der Waals surface area (Å²) in [6.45, 7) is 9.88. The Morgan fingerprint density at radius 1 is 1.47 bits per heavy atom. The fourth-order valence-corrected chi connectivity index (χ4v) is 2.13. The van der Waals surface area contributed by atoms with Gasteiger partial charge in [-0.1, -0.05) is 13.3 Å². The summed E-state index contributed by atoms with van der Waals surface area (Å²) in [5, 5.41) is 9.15. The molecule has 1 N–H and O–H groups in total. The second-order valence-electron chi connectivity index (χ2n) is 5.45. The van der Waals surface area contributed by atoms with Crippen LogP contribution in [0.2, 0.25) is 0 Å². The molecule has 0 spiro atoms. The van der Waals surface area contributed by atoms with E-state index in [9.17, 15) is 0 Å². The standard InChI is InChI=1S/C14H26N2O/c1-5-6-13-11-16(9-7-12(2)15-13)14(3,4)8-10-17/h11,17H,5-10H2,1-4H3. The summed E-state index contributed by atoms with van der Waals surface area (Å²) in [7, 11) is 0. The predicted molar refractivity (Wildman–Crippen MR) is 73.2 cm³/mol. The van der Waals surface area contributed by atoms with Crippen molar-refractivity contribution in [3.05, 3.63) is 11.9 Å². The third kappa shape index (κ3) is 4.15. The van der Waals surface area contributed by atoms with Crippen LogP contribution in [0.15, 0.2) is 16.9 Å². The highest BCUT2D eigenvalue weighted by Crippen LogP contribution is 2.24. The van der Waals surface area contributed by atoms with Crippen LogP contribution in [0.3, 0.4) is 0 Å². The van der Waals surface area contributed by atoms with E-state index in [1.807, 2.05) is 0 Å². The molecule has 0 saturated carbocycles. The fraction of sp³-hybridized carbons (Fsp3) is 0.786. The molecule has 0 saturated heterocycles. The Morgan fingerprint density at radius 2 is 2.18 bits per heavy atom. The van der Waals surface area contributed by atoms with E-state index in [1.165, 1.54) is 11.4 Å². The normalized spacial score (nSPS) is 17.6. The molecule has 0 aromatic rings.